The molecule has 0 aromatic carbocycles. The molecular weight excluding hydrogens is 466 g/mol. The summed E-state index contributed by atoms with van der Waals surface area (Å²) in [5, 5.41) is 11.5. The third kappa shape index (κ3) is 4.31. The average molecular weight is 498 g/mol. The van der Waals surface area contributed by atoms with Gasteiger partial charge in [-0.15, -0.1) is 5.10 Å². The smallest absolute Gasteiger partial charge is 0.223 e. The van der Waals surface area contributed by atoms with Gasteiger partial charge >= 0.3 is 0 Å². The molecule has 13 nitrogen and oxygen atoms in total. The van der Waals surface area contributed by atoms with Crippen molar-refractivity contribution in [1.29, 1.82) is 0 Å². The van der Waals surface area contributed by atoms with Gasteiger partial charge in [-0.25, -0.2) is 19.6 Å². The van der Waals surface area contributed by atoms with Gasteiger partial charge in [-0.05, 0) is 26.7 Å². The second kappa shape index (κ2) is 9.05. The number of ether oxygens (including phenoxy) is 3. The zero-order chi connectivity index (χ0) is 24.9. The van der Waals surface area contributed by atoms with E-state index in [1.165, 1.54) is 12.7 Å². The Morgan fingerprint density at radius 1 is 1.17 bits per heavy atom. The van der Waals surface area contributed by atoms with Gasteiger partial charge < -0.3 is 25.3 Å². The summed E-state index contributed by atoms with van der Waals surface area (Å²) in [6.45, 7) is 4.52. The number of carbonyl (C=O) groups excluding carboxylic acids is 1. The summed E-state index contributed by atoms with van der Waals surface area (Å²) in [6.07, 6.45) is 8.67. The molecule has 0 unspecified atom stereocenters. The molecule has 3 aromatic heterocycles. The molecule has 2 aliphatic heterocycles. The summed E-state index contributed by atoms with van der Waals surface area (Å²) in [6, 6.07) is 0. The molecule has 36 heavy (non-hydrogen) atoms. The molecule has 4 atom stereocenters. The Balaban J connectivity index is 1.16. The molecule has 0 spiro atoms. The second-order valence-corrected chi connectivity index (χ2v) is 10.2. The Hall–Kier alpha value is -3.16. The van der Waals surface area contributed by atoms with E-state index in [4.69, 9.17) is 19.9 Å². The second-order valence-electron chi connectivity index (χ2n) is 10.2. The highest BCUT2D eigenvalue weighted by Crippen LogP contribution is 2.44. The van der Waals surface area contributed by atoms with E-state index in [0.717, 1.165) is 25.7 Å². The molecule has 3 aromatic rings. The molecule has 1 aliphatic carbocycles. The molecule has 0 radical (unpaired) electrons. The lowest BCUT2D eigenvalue weighted by atomic mass is 9.89. The van der Waals surface area contributed by atoms with Gasteiger partial charge in [-0.1, -0.05) is 24.5 Å². The predicted molar refractivity (Wildman–Crippen MR) is 126 cm³/mol. The fourth-order valence-electron chi connectivity index (χ4n) is 5.47. The summed E-state index contributed by atoms with van der Waals surface area (Å²) in [7, 11) is 0. The number of nitrogens with two attached hydrogens (primary N) is 1. The van der Waals surface area contributed by atoms with Gasteiger partial charge in [0.05, 0.1) is 25.6 Å². The minimum atomic E-state index is -0.767. The predicted octanol–water partition coefficient (Wildman–Crippen LogP) is 1.31. The number of imidazole rings is 1. The first-order chi connectivity index (χ1) is 17.4. The van der Waals surface area contributed by atoms with Crippen LogP contribution in [0.2, 0.25) is 0 Å². The first kappa shape index (κ1) is 23.3. The standard InChI is InChI=1S/C23H31N9O4/c1-23(2)35-17-15(10-31-9-14(29-30-31)8-25-21(33)13-6-4-3-5-7-13)34-22(18(17)36-23)32-12-28-16-19(24)26-11-27-20(16)32/h9,11-13,15,17-18,22H,3-8,10H2,1-2H3,(H,25,33)(H2,24,26,27)/t15-,17-,18-,22-/m1/s1. The zero-order valence-corrected chi connectivity index (χ0v) is 20.4. The van der Waals surface area contributed by atoms with Crippen LogP contribution in [0.3, 0.4) is 0 Å². The highest BCUT2D eigenvalue weighted by molar-refractivity contribution is 5.81. The maximum Gasteiger partial charge on any atom is 0.223 e. The lowest BCUT2D eigenvalue weighted by Crippen LogP contribution is -2.33. The highest BCUT2D eigenvalue weighted by atomic mass is 16.8. The van der Waals surface area contributed by atoms with Crippen molar-refractivity contribution in [3.05, 3.63) is 24.5 Å². The number of carbonyl (C=O) groups is 1. The summed E-state index contributed by atoms with van der Waals surface area (Å²) >= 11 is 0. The van der Waals surface area contributed by atoms with Gasteiger partial charge in [-0.2, -0.15) is 0 Å². The van der Waals surface area contributed by atoms with E-state index in [9.17, 15) is 4.79 Å². The third-order valence-electron chi connectivity index (χ3n) is 7.16. The molecule has 3 aliphatic rings. The lowest BCUT2D eigenvalue weighted by Gasteiger charge is -2.24. The Labute approximate surface area is 207 Å². The van der Waals surface area contributed by atoms with Crippen LogP contribution in [0.25, 0.3) is 11.2 Å². The lowest BCUT2D eigenvalue weighted by molar-refractivity contribution is -0.197. The molecule has 1 saturated carbocycles. The van der Waals surface area contributed by atoms with Crippen molar-refractivity contribution in [2.75, 3.05) is 5.73 Å². The van der Waals surface area contributed by atoms with Gasteiger partial charge in [0, 0.05) is 5.92 Å². The van der Waals surface area contributed by atoms with Crippen LogP contribution in [0.1, 0.15) is 57.9 Å². The van der Waals surface area contributed by atoms with Crippen LogP contribution >= 0.6 is 0 Å². The number of amides is 1. The van der Waals surface area contributed by atoms with E-state index in [2.05, 4.69) is 30.6 Å². The Morgan fingerprint density at radius 2 is 1.97 bits per heavy atom. The molecule has 2 saturated heterocycles. The quantitative estimate of drug-likeness (QED) is 0.509. The van der Waals surface area contributed by atoms with Crippen molar-refractivity contribution in [2.45, 2.75) is 89.4 Å². The molecule has 3 N–H and O–H groups in total. The maximum absolute atomic E-state index is 12.5. The number of nitrogen functional groups attached to an aromatic ring is 1. The molecule has 3 fully saturated rings. The van der Waals surface area contributed by atoms with Gasteiger partial charge in [0.15, 0.2) is 23.5 Å². The third-order valence-corrected chi connectivity index (χ3v) is 7.16. The number of nitrogens with zero attached hydrogens (tertiary/aromatic N) is 7. The van der Waals surface area contributed by atoms with Gasteiger partial charge in [0.1, 0.15) is 35.8 Å². The average Bonchev–Trinajstić information content (AvgIpc) is 3.62. The van der Waals surface area contributed by atoms with E-state index < -0.39 is 12.0 Å². The van der Waals surface area contributed by atoms with Crippen LogP contribution in [-0.4, -0.2) is 64.5 Å². The van der Waals surface area contributed by atoms with Crippen LogP contribution in [0.15, 0.2) is 18.9 Å². The van der Waals surface area contributed by atoms with E-state index in [-0.39, 0.29) is 30.1 Å². The molecule has 1 amide bonds. The maximum atomic E-state index is 12.5. The first-order valence-corrected chi connectivity index (χ1v) is 12.5. The molecule has 13 heteroatoms. The van der Waals surface area contributed by atoms with Crippen molar-refractivity contribution in [3.63, 3.8) is 0 Å². The number of rotatable bonds is 6. The van der Waals surface area contributed by atoms with E-state index in [1.807, 2.05) is 24.6 Å². The van der Waals surface area contributed by atoms with Crippen LogP contribution < -0.4 is 11.1 Å². The van der Waals surface area contributed by atoms with E-state index in [1.54, 1.807) is 11.0 Å². The van der Waals surface area contributed by atoms with Gasteiger partial charge in [-0.3, -0.25) is 9.36 Å². The number of anilines is 1. The molecule has 6 rings (SSSR count). The van der Waals surface area contributed by atoms with Crippen molar-refractivity contribution < 1.29 is 19.0 Å². The summed E-state index contributed by atoms with van der Waals surface area (Å²) in [5.74, 6) is -0.252. The highest BCUT2D eigenvalue weighted by Gasteiger charge is 2.56. The monoisotopic (exact) mass is 497 g/mol. The molecule has 192 valence electrons. The number of nitrogens with one attached hydrogen (secondary N) is 1. The van der Waals surface area contributed by atoms with Crippen LogP contribution in [0.4, 0.5) is 5.82 Å². The number of hydrogen-bond acceptors (Lipinski definition) is 10. The first-order valence-electron chi connectivity index (χ1n) is 12.5. The van der Waals surface area contributed by atoms with Crippen LogP contribution in [-0.2, 0) is 32.1 Å². The Bertz CT molecular complexity index is 1250. The minimum absolute atomic E-state index is 0.102. The van der Waals surface area contributed by atoms with Crippen molar-refractivity contribution in [2.24, 2.45) is 5.92 Å². The zero-order valence-electron chi connectivity index (χ0n) is 20.4. The summed E-state index contributed by atoms with van der Waals surface area (Å²) in [4.78, 5) is 25.2. The normalized spacial score (nSPS) is 27.9. The van der Waals surface area contributed by atoms with Gasteiger partial charge in [0.2, 0.25) is 5.91 Å². The van der Waals surface area contributed by atoms with Crippen molar-refractivity contribution in [3.8, 4) is 0 Å². The molecule has 0 bridgehead atoms. The Kier molecular flexibility index (Phi) is 5.85. The Morgan fingerprint density at radius 3 is 2.81 bits per heavy atom. The van der Waals surface area contributed by atoms with E-state index >= 15 is 0 Å². The van der Waals surface area contributed by atoms with Crippen LogP contribution in [0, 0.1) is 5.92 Å². The summed E-state index contributed by atoms with van der Waals surface area (Å²) in [5.41, 5.74) is 7.74. The minimum Gasteiger partial charge on any atom is -0.382 e. The fourth-order valence-corrected chi connectivity index (χ4v) is 5.47. The van der Waals surface area contributed by atoms with Crippen LogP contribution in [0.5, 0.6) is 0 Å². The molecular formula is C23H31N9O4. The van der Waals surface area contributed by atoms with Gasteiger partial charge in [0.25, 0.3) is 0 Å². The van der Waals surface area contributed by atoms with Crippen molar-refractivity contribution in [1.82, 2.24) is 39.8 Å². The van der Waals surface area contributed by atoms with Crippen molar-refractivity contribution >= 4 is 22.9 Å². The van der Waals surface area contributed by atoms with E-state index in [0.29, 0.717) is 35.8 Å². The number of aromatic nitrogens is 7. The fraction of sp³-hybridized carbons (Fsp3) is 0.652. The largest absolute Gasteiger partial charge is 0.382 e. The summed E-state index contributed by atoms with van der Waals surface area (Å²) < 4.78 is 22.4. The number of hydrogen-bond donors (Lipinski definition) is 2. The SMILES string of the molecule is CC1(C)O[C@@H]2[C@H](O1)[C@@H](Cn1cc(CNC(=O)C3CCCCC3)nn1)O[C@H]2n1cnc2c(N)ncnc21. The number of fused-ring (bicyclic) bond motifs is 2. The molecule has 5 heterocycles. The topological polar surface area (TPSA) is 157 Å².